The standard InChI is InChI=1S/C20H26N4O2/c1-14-12-15(2)24(23-14)13-19(25)21-22-20(26)18-10-8-17(9-11-18)16-6-4-3-5-7-16/h8-12,16H,3-7,13H2,1-2H3,(H,21,25)(H,22,26). The van der Waals surface area contributed by atoms with Crippen LogP contribution >= 0.6 is 0 Å². The van der Waals surface area contributed by atoms with Crippen LogP contribution in [0, 0.1) is 13.8 Å². The summed E-state index contributed by atoms with van der Waals surface area (Å²) in [4.78, 5) is 24.2. The maximum absolute atomic E-state index is 12.2. The minimum Gasteiger partial charge on any atom is -0.271 e. The number of rotatable bonds is 4. The van der Waals surface area contributed by atoms with Gasteiger partial charge in [0.25, 0.3) is 11.8 Å². The molecule has 0 aliphatic heterocycles. The fraction of sp³-hybridized carbons (Fsp3) is 0.450. The number of hydrazine groups is 1. The van der Waals surface area contributed by atoms with Crippen molar-refractivity contribution < 1.29 is 9.59 Å². The van der Waals surface area contributed by atoms with Gasteiger partial charge in [-0.25, -0.2) is 0 Å². The van der Waals surface area contributed by atoms with Crippen molar-refractivity contribution in [3.8, 4) is 0 Å². The van der Waals surface area contributed by atoms with Gasteiger partial charge in [0.1, 0.15) is 6.54 Å². The number of carbonyl (C=O) groups excluding carboxylic acids is 2. The lowest BCUT2D eigenvalue weighted by atomic mass is 9.84. The minimum absolute atomic E-state index is 0.0700. The molecule has 3 rings (SSSR count). The molecule has 1 saturated carbocycles. The zero-order chi connectivity index (χ0) is 18.5. The molecule has 2 amide bonds. The van der Waals surface area contributed by atoms with E-state index in [1.165, 1.54) is 37.7 Å². The van der Waals surface area contributed by atoms with Crippen LogP contribution < -0.4 is 10.9 Å². The van der Waals surface area contributed by atoms with Crippen molar-refractivity contribution in [2.24, 2.45) is 0 Å². The van der Waals surface area contributed by atoms with E-state index in [0.29, 0.717) is 11.5 Å². The van der Waals surface area contributed by atoms with Crippen molar-refractivity contribution in [2.75, 3.05) is 0 Å². The molecular weight excluding hydrogens is 328 g/mol. The normalized spacial score (nSPS) is 14.8. The molecule has 1 aromatic carbocycles. The third-order valence-corrected chi connectivity index (χ3v) is 4.96. The summed E-state index contributed by atoms with van der Waals surface area (Å²) in [5.74, 6) is -0.0216. The highest BCUT2D eigenvalue weighted by Crippen LogP contribution is 2.32. The predicted molar refractivity (Wildman–Crippen MR) is 99.6 cm³/mol. The van der Waals surface area contributed by atoms with E-state index in [2.05, 4.69) is 16.0 Å². The number of carbonyl (C=O) groups is 2. The summed E-state index contributed by atoms with van der Waals surface area (Å²) < 4.78 is 1.61. The van der Waals surface area contributed by atoms with E-state index in [9.17, 15) is 9.59 Å². The molecule has 0 bridgehead atoms. The van der Waals surface area contributed by atoms with E-state index in [1.54, 1.807) is 4.68 Å². The van der Waals surface area contributed by atoms with Crippen LogP contribution in [-0.2, 0) is 11.3 Å². The number of nitrogens with zero attached hydrogens (tertiary/aromatic N) is 2. The highest BCUT2D eigenvalue weighted by molar-refractivity contribution is 5.95. The van der Waals surface area contributed by atoms with Crippen LogP contribution in [0.5, 0.6) is 0 Å². The Balaban J connectivity index is 1.51. The highest BCUT2D eigenvalue weighted by Gasteiger charge is 2.16. The molecule has 1 aliphatic rings. The highest BCUT2D eigenvalue weighted by atomic mass is 16.2. The molecule has 0 unspecified atom stereocenters. The topological polar surface area (TPSA) is 76.0 Å². The molecule has 1 aromatic heterocycles. The number of aryl methyl sites for hydroxylation is 2. The molecule has 1 fully saturated rings. The third-order valence-electron chi connectivity index (χ3n) is 4.96. The van der Waals surface area contributed by atoms with Gasteiger partial charge >= 0.3 is 0 Å². The van der Waals surface area contributed by atoms with Crippen LogP contribution in [-0.4, -0.2) is 21.6 Å². The van der Waals surface area contributed by atoms with Crippen molar-refractivity contribution in [3.05, 3.63) is 52.8 Å². The van der Waals surface area contributed by atoms with E-state index < -0.39 is 0 Å². The quantitative estimate of drug-likeness (QED) is 0.829. The first kappa shape index (κ1) is 18.2. The van der Waals surface area contributed by atoms with Crippen LogP contribution in [0.15, 0.2) is 30.3 Å². The van der Waals surface area contributed by atoms with Crippen molar-refractivity contribution >= 4 is 11.8 Å². The summed E-state index contributed by atoms with van der Waals surface area (Å²) >= 11 is 0. The molecule has 0 atom stereocenters. The number of hydrogen-bond donors (Lipinski definition) is 2. The Morgan fingerprint density at radius 1 is 1.08 bits per heavy atom. The number of amides is 2. The van der Waals surface area contributed by atoms with Gasteiger partial charge in [0, 0.05) is 11.3 Å². The van der Waals surface area contributed by atoms with Crippen LogP contribution in [0.3, 0.4) is 0 Å². The van der Waals surface area contributed by atoms with Gasteiger partial charge in [-0.05, 0) is 56.4 Å². The van der Waals surface area contributed by atoms with Crippen molar-refractivity contribution in [1.29, 1.82) is 0 Å². The lowest BCUT2D eigenvalue weighted by molar-refractivity contribution is -0.122. The monoisotopic (exact) mass is 354 g/mol. The first-order valence-corrected chi connectivity index (χ1v) is 9.23. The van der Waals surface area contributed by atoms with Gasteiger partial charge in [-0.3, -0.25) is 25.1 Å². The van der Waals surface area contributed by atoms with Gasteiger partial charge in [0.2, 0.25) is 0 Å². The maximum Gasteiger partial charge on any atom is 0.269 e. The van der Waals surface area contributed by atoms with Crippen molar-refractivity contribution in [1.82, 2.24) is 20.6 Å². The molecule has 0 saturated heterocycles. The molecule has 6 heteroatoms. The van der Waals surface area contributed by atoms with E-state index in [0.717, 1.165) is 11.4 Å². The van der Waals surface area contributed by atoms with Crippen LogP contribution in [0.4, 0.5) is 0 Å². The number of benzene rings is 1. The Hall–Kier alpha value is -2.63. The molecule has 0 spiro atoms. The SMILES string of the molecule is Cc1cc(C)n(CC(=O)NNC(=O)c2ccc(C3CCCCC3)cc2)n1. The van der Waals surface area contributed by atoms with Gasteiger partial charge in [-0.15, -0.1) is 0 Å². The first-order valence-electron chi connectivity index (χ1n) is 9.23. The minimum atomic E-state index is -0.318. The number of nitrogens with one attached hydrogen (secondary N) is 2. The second-order valence-corrected chi connectivity index (χ2v) is 7.04. The lowest BCUT2D eigenvalue weighted by Gasteiger charge is -2.22. The molecule has 2 N–H and O–H groups in total. The van der Waals surface area contributed by atoms with Gasteiger partial charge in [0.05, 0.1) is 5.69 Å². The first-order chi connectivity index (χ1) is 12.5. The summed E-state index contributed by atoms with van der Waals surface area (Å²) in [6.45, 7) is 3.83. The summed E-state index contributed by atoms with van der Waals surface area (Å²) in [7, 11) is 0. The average molecular weight is 354 g/mol. The summed E-state index contributed by atoms with van der Waals surface area (Å²) in [6, 6.07) is 9.61. The lowest BCUT2D eigenvalue weighted by Crippen LogP contribution is -2.43. The predicted octanol–water partition coefficient (Wildman–Crippen LogP) is 3.01. The molecule has 2 aromatic rings. The van der Waals surface area contributed by atoms with E-state index in [4.69, 9.17) is 0 Å². The number of aromatic nitrogens is 2. The number of hydrogen-bond acceptors (Lipinski definition) is 3. The van der Waals surface area contributed by atoms with Crippen LogP contribution in [0.25, 0.3) is 0 Å². The Morgan fingerprint density at radius 3 is 2.38 bits per heavy atom. The van der Waals surface area contributed by atoms with Crippen molar-refractivity contribution in [3.63, 3.8) is 0 Å². The van der Waals surface area contributed by atoms with Crippen molar-refractivity contribution in [2.45, 2.75) is 58.4 Å². The second kappa shape index (κ2) is 8.17. The van der Waals surface area contributed by atoms with Crippen LogP contribution in [0.2, 0.25) is 0 Å². The zero-order valence-corrected chi connectivity index (χ0v) is 15.4. The molecule has 138 valence electrons. The van der Waals surface area contributed by atoms with E-state index in [1.807, 2.05) is 44.2 Å². The molecule has 26 heavy (non-hydrogen) atoms. The molecule has 0 radical (unpaired) electrons. The molecule has 1 aliphatic carbocycles. The smallest absolute Gasteiger partial charge is 0.269 e. The fourth-order valence-electron chi connectivity index (χ4n) is 3.55. The fourth-order valence-corrected chi connectivity index (χ4v) is 3.55. The second-order valence-electron chi connectivity index (χ2n) is 7.04. The Morgan fingerprint density at radius 2 is 1.77 bits per heavy atom. The third kappa shape index (κ3) is 4.50. The maximum atomic E-state index is 12.2. The van der Waals surface area contributed by atoms with Gasteiger partial charge in [-0.2, -0.15) is 5.10 Å². The summed E-state index contributed by atoms with van der Waals surface area (Å²) in [5.41, 5.74) is 8.51. The van der Waals surface area contributed by atoms with Gasteiger partial charge in [-0.1, -0.05) is 31.4 Å². The summed E-state index contributed by atoms with van der Waals surface area (Å²) in [5, 5.41) is 4.23. The van der Waals surface area contributed by atoms with E-state index in [-0.39, 0.29) is 18.4 Å². The Kier molecular flexibility index (Phi) is 5.71. The van der Waals surface area contributed by atoms with Gasteiger partial charge < -0.3 is 0 Å². The van der Waals surface area contributed by atoms with Crippen LogP contribution in [0.1, 0.15) is 65.3 Å². The average Bonchev–Trinajstić information content (AvgIpc) is 2.97. The van der Waals surface area contributed by atoms with E-state index >= 15 is 0 Å². The van der Waals surface area contributed by atoms with Gasteiger partial charge in [0.15, 0.2) is 0 Å². The largest absolute Gasteiger partial charge is 0.271 e. The Bertz CT molecular complexity index is 774. The molecule has 1 heterocycles. The molecule has 6 nitrogen and oxygen atoms in total. The molecular formula is C20H26N4O2. The summed E-state index contributed by atoms with van der Waals surface area (Å²) in [6.07, 6.45) is 6.36. The Labute approximate surface area is 153 Å². The zero-order valence-electron chi connectivity index (χ0n) is 15.4.